The third-order valence-electron chi connectivity index (χ3n) is 4.47. The normalized spacial score (nSPS) is 13.6. The van der Waals surface area contributed by atoms with Crippen molar-refractivity contribution in [2.45, 2.75) is 52.5 Å². The van der Waals surface area contributed by atoms with E-state index in [1.807, 2.05) is 4.90 Å². The molecule has 0 aromatic heterocycles. The number of amides is 1. The first-order valence-corrected chi connectivity index (χ1v) is 9.61. The minimum Gasteiger partial charge on any atom is -0.357 e. The predicted molar refractivity (Wildman–Crippen MR) is 119 cm³/mol. The Labute approximate surface area is 175 Å². The smallest absolute Gasteiger partial charge is 0.222 e. The van der Waals surface area contributed by atoms with Crippen molar-refractivity contribution in [2.24, 2.45) is 4.99 Å². The molecule has 2 N–H and O–H groups in total. The molecular weight excluding hydrogens is 439 g/mol. The molecule has 1 amide bonds. The molecule has 0 bridgehead atoms. The van der Waals surface area contributed by atoms with Crippen molar-refractivity contribution >= 4 is 35.8 Å². The van der Waals surface area contributed by atoms with Crippen molar-refractivity contribution in [1.82, 2.24) is 15.5 Å². The van der Waals surface area contributed by atoms with Crippen LogP contribution in [-0.2, 0) is 17.8 Å². The number of fused-ring (bicyclic) bond motifs is 1. The van der Waals surface area contributed by atoms with Crippen molar-refractivity contribution in [1.29, 1.82) is 0 Å². The number of benzene rings is 1. The van der Waals surface area contributed by atoms with Gasteiger partial charge in [0, 0.05) is 39.1 Å². The second-order valence-electron chi connectivity index (χ2n) is 6.48. The summed E-state index contributed by atoms with van der Waals surface area (Å²) in [5, 5.41) is 6.58. The van der Waals surface area contributed by atoms with Crippen LogP contribution in [0.25, 0.3) is 0 Å². The van der Waals surface area contributed by atoms with Crippen LogP contribution in [0.3, 0.4) is 0 Å². The van der Waals surface area contributed by atoms with E-state index in [0.717, 1.165) is 51.4 Å². The van der Waals surface area contributed by atoms with E-state index < -0.39 is 0 Å². The number of carbonyl (C=O) groups excluding carboxylic acids is 1. The molecule has 1 aromatic rings. The van der Waals surface area contributed by atoms with Gasteiger partial charge in [0.15, 0.2) is 5.96 Å². The van der Waals surface area contributed by atoms with Crippen molar-refractivity contribution in [3.63, 3.8) is 0 Å². The first-order valence-electron chi connectivity index (χ1n) is 9.61. The summed E-state index contributed by atoms with van der Waals surface area (Å²) in [5.74, 6) is 1.10. The molecule has 5 nitrogen and oxygen atoms in total. The van der Waals surface area contributed by atoms with Crippen LogP contribution in [0.2, 0.25) is 0 Å². The average Bonchev–Trinajstić information content (AvgIpc) is 2.64. The highest BCUT2D eigenvalue weighted by Crippen LogP contribution is 2.19. The Balaban J connectivity index is 0.00000338. The summed E-state index contributed by atoms with van der Waals surface area (Å²) in [6, 6.07) is 8.42. The first kappa shape index (κ1) is 22.7. The van der Waals surface area contributed by atoms with Gasteiger partial charge >= 0.3 is 0 Å². The molecular formula is C20H33IN4O. The predicted octanol–water partition coefficient (Wildman–Crippen LogP) is 3.32. The van der Waals surface area contributed by atoms with Crippen LogP contribution in [0.15, 0.2) is 29.3 Å². The van der Waals surface area contributed by atoms with Crippen LogP contribution in [0, 0.1) is 0 Å². The molecule has 1 heterocycles. The minimum atomic E-state index is 0. The SMILES string of the molecule is CCCCNC(=NCCCC(=O)N1CCc2ccccc2C1)NCC.I. The van der Waals surface area contributed by atoms with Crippen LogP contribution in [-0.4, -0.2) is 42.9 Å². The molecule has 1 aliphatic rings. The van der Waals surface area contributed by atoms with E-state index in [4.69, 9.17) is 0 Å². The van der Waals surface area contributed by atoms with Crippen LogP contribution in [0.1, 0.15) is 50.7 Å². The van der Waals surface area contributed by atoms with Gasteiger partial charge in [-0.3, -0.25) is 9.79 Å². The van der Waals surface area contributed by atoms with E-state index in [1.165, 1.54) is 17.5 Å². The second-order valence-corrected chi connectivity index (χ2v) is 6.48. The number of nitrogens with one attached hydrogen (secondary N) is 2. The van der Waals surface area contributed by atoms with E-state index >= 15 is 0 Å². The van der Waals surface area contributed by atoms with Gasteiger partial charge in [-0.25, -0.2) is 0 Å². The van der Waals surface area contributed by atoms with Crippen LogP contribution >= 0.6 is 24.0 Å². The Morgan fingerprint density at radius 3 is 2.65 bits per heavy atom. The molecule has 0 saturated heterocycles. The molecule has 0 radical (unpaired) electrons. The van der Waals surface area contributed by atoms with Gasteiger partial charge < -0.3 is 15.5 Å². The molecule has 1 aromatic carbocycles. The van der Waals surface area contributed by atoms with Gasteiger partial charge in [0.05, 0.1) is 0 Å². The Kier molecular flexibility index (Phi) is 11.3. The zero-order valence-electron chi connectivity index (χ0n) is 16.1. The van der Waals surface area contributed by atoms with Gasteiger partial charge in [0.2, 0.25) is 5.91 Å². The molecule has 26 heavy (non-hydrogen) atoms. The lowest BCUT2D eigenvalue weighted by Crippen LogP contribution is -2.38. The fourth-order valence-corrected chi connectivity index (χ4v) is 3.01. The number of hydrogen-bond acceptors (Lipinski definition) is 2. The molecule has 1 aliphatic heterocycles. The van der Waals surface area contributed by atoms with Crippen LogP contribution < -0.4 is 10.6 Å². The molecule has 0 saturated carbocycles. The highest BCUT2D eigenvalue weighted by atomic mass is 127. The summed E-state index contributed by atoms with van der Waals surface area (Å²) >= 11 is 0. The van der Waals surface area contributed by atoms with Gasteiger partial charge in [-0.1, -0.05) is 37.6 Å². The lowest BCUT2D eigenvalue weighted by molar-refractivity contribution is -0.132. The molecule has 0 atom stereocenters. The van der Waals surface area contributed by atoms with Crippen LogP contribution in [0.4, 0.5) is 0 Å². The number of guanidine groups is 1. The molecule has 0 aliphatic carbocycles. The Hall–Kier alpha value is -1.31. The zero-order chi connectivity index (χ0) is 17.9. The van der Waals surface area contributed by atoms with Gasteiger partial charge in [-0.15, -0.1) is 24.0 Å². The van der Waals surface area contributed by atoms with E-state index in [-0.39, 0.29) is 29.9 Å². The number of halogens is 1. The van der Waals surface area contributed by atoms with Crippen molar-refractivity contribution in [3.8, 4) is 0 Å². The number of aliphatic imine (C=N–C) groups is 1. The Morgan fingerprint density at radius 2 is 1.92 bits per heavy atom. The highest BCUT2D eigenvalue weighted by Gasteiger charge is 2.19. The molecule has 0 fully saturated rings. The van der Waals surface area contributed by atoms with Crippen molar-refractivity contribution < 1.29 is 4.79 Å². The topological polar surface area (TPSA) is 56.7 Å². The van der Waals surface area contributed by atoms with E-state index in [1.54, 1.807) is 0 Å². The van der Waals surface area contributed by atoms with Crippen molar-refractivity contribution in [3.05, 3.63) is 35.4 Å². The number of rotatable bonds is 8. The maximum absolute atomic E-state index is 12.4. The zero-order valence-corrected chi connectivity index (χ0v) is 18.4. The summed E-state index contributed by atoms with van der Waals surface area (Å²) in [6.45, 7) is 8.29. The lowest BCUT2D eigenvalue weighted by atomic mass is 9.99. The van der Waals surface area contributed by atoms with Gasteiger partial charge in [0.1, 0.15) is 0 Å². The fourth-order valence-electron chi connectivity index (χ4n) is 3.01. The van der Waals surface area contributed by atoms with Crippen LogP contribution in [0.5, 0.6) is 0 Å². The van der Waals surface area contributed by atoms with Gasteiger partial charge in [0.25, 0.3) is 0 Å². The third-order valence-corrected chi connectivity index (χ3v) is 4.47. The lowest BCUT2D eigenvalue weighted by Gasteiger charge is -2.28. The molecule has 0 spiro atoms. The minimum absolute atomic E-state index is 0. The molecule has 6 heteroatoms. The van der Waals surface area contributed by atoms with Gasteiger partial charge in [-0.2, -0.15) is 0 Å². The summed E-state index contributed by atoms with van der Waals surface area (Å²) in [4.78, 5) is 19.0. The maximum atomic E-state index is 12.4. The molecule has 2 rings (SSSR count). The van der Waals surface area contributed by atoms with E-state index in [2.05, 4.69) is 53.7 Å². The van der Waals surface area contributed by atoms with Crippen molar-refractivity contribution in [2.75, 3.05) is 26.2 Å². The van der Waals surface area contributed by atoms with Gasteiger partial charge in [-0.05, 0) is 37.3 Å². The summed E-state index contributed by atoms with van der Waals surface area (Å²) in [6.07, 6.45) is 4.63. The van der Waals surface area contributed by atoms with E-state index in [9.17, 15) is 4.79 Å². The quantitative estimate of drug-likeness (QED) is 0.264. The number of nitrogens with zero attached hydrogens (tertiary/aromatic N) is 2. The largest absolute Gasteiger partial charge is 0.357 e. The van der Waals surface area contributed by atoms with E-state index in [0.29, 0.717) is 13.0 Å². The first-order chi connectivity index (χ1) is 12.2. The Morgan fingerprint density at radius 1 is 1.15 bits per heavy atom. The summed E-state index contributed by atoms with van der Waals surface area (Å²) < 4.78 is 0. The summed E-state index contributed by atoms with van der Waals surface area (Å²) in [7, 11) is 0. The number of unbranched alkanes of at least 4 members (excludes halogenated alkanes) is 1. The Bertz CT molecular complexity index is 577. The summed E-state index contributed by atoms with van der Waals surface area (Å²) in [5.41, 5.74) is 2.67. The maximum Gasteiger partial charge on any atom is 0.222 e. The monoisotopic (exact) mass is 472 g/mol. The third kappa shape index (κ3) is 7.51. The number of carbonyl (C=O) groups is 1. The number of hydrogen-bond donors (Lipinski definition) is 2. The second kappa shape index (κ2) is 12.9. The molecule has 0 unspecified atom stereocenters. The highest BCUT2D eigenvalue weighted by molar-refractivity contribution is 14.0. The average molecular weight is 472 g/mol. The fraction of sp³-hybridized carbons (Fsp3) is 0.600. The standard InChI is InChI=1S/C20H32N4O.HI/c1-3-5-13-22-20(21-4-2)23-14-8-11-19(25)24-15-12-17-9-6-7-10-18(17)16-24;/h6-7,9-10H,3-5,8,11-16H2,1-2H3,(H2,21,22,23);1H. The molecule has 146 valence electrons.